The van der Waals surface area contributed by atoms with E-state index in [1.54, 1.807) is 0 Å². The Labute approximate surface area is 84.9 Å². The molecule has 0 amide bonds. The van der Waals surface area contributed by atoms with Crippen molar-refractivity contribution in [2.75, 3.05) is 18.4 Å². The van der Waals surface area contributed by atoms with Gasteiger partial charge in [0.25, 0.3) is 0 Å². The van der Waals surface area contributed by atoms with Gasteiger partial charge in [-0.3, -0.25) is 10.6 Å². The molecule has 1 aromatic carbocycles. The molecule has 76 valence electrons. The second kappa shape index (κ2) is 4.44. The summed E-state index contributed by atoms with van der Waals surface area (Å²) in [6.45, 7) is 4.23. The highest BCUT2D eigenvalue weighted by atomic mass is 15.3. The van der Waals surface area contributed by atoms with Gasteiger partial charge in [0.1, 0.15) is 6.29 Å². The van der Waals surface area contributed by atoms with E-state index in [4.69, 9.17) is 0 Å². The second-order valence-corrected chi connectivity index (χ2v) is 3.54. The number of rotatable bonds is 3. The first kappa shape index (κ1) is 9.49. The minimum absolute atomic E-state index is 0.225. The molecule has 1 aliphatic heterocycles. The number of benzene rings is 1. The molecule has 2 rings (SSSR count). The van der Waals surface area contributed by atoms with E-state index >= 15 is 0 Å². The maximum absolute atomic E-state index is 3.37. The van der Waals surface area contributed by atoms with Gasteiger partial charge in [0.15, 0.2) is 0 Å². The second-order valence-electron chi connectivity index (χ2n) is 3.54. The van der Waals surface area contributed by atoms with E-state index in [1.807, 2.05) is 0 Å². The molecule has 3 N–H and O–H groups in total. The fourth-order valence-corrected chi connectivity index (χ4v) is 1.61. The molecule has 0 saturated carbocycles. The van der Waals surface area contributed by atoms with Crippen LogP contribution in [0.4, 0.5) is 5.69 Å². The van der Waals surface area contributed by atoms with Gasteiger partial charge in [-0.1, -0.05) is 19.1 Å². The molecule has 3 heteroatoms. The average molecular weight is 191 g/mol. The molecule has 3 nitrogen and oxygen atoms in total. The standard InChI is InChI=1S/C11H17N3/c1-2-9-3-5-10(6-4-9)14-11-12-7-8-13-11/h3-6,11-14H,2,7-8H2,1H3. The highest BCUT2D eigenvalue weighted by Gasteiger charge is 2.11. The van der Waals surface area contributed by atoms with Crippen LogP contribution in [-0.4, -0.2) is 19.4 Å². The topological polar surface area (TPSA) is 36.1 Å². The van der Waals surface area contributed by atoms with Crippen LogP contribution < -0.4 is 16.0 Å². The van der Waals surface area contributed by atoms with Gasteiger partial charge >= 0.3 is 0 Å². The van der Waals surface area contributed by atoms with Gasteiger partial charge in [0, 0.05) is 18.8 Å². The SMILES string of the molecule is CCc1ccc(NC2NCCN2)cc1. The Hall–Kier alpha value is -1.06. The Morgan fingerprint density at radius 2 is 1.86 bits per heavy atom. The minimum Gasteiger partial charge on any atom is -0.358 e. The van der Waals surface area contributed by atoms with E-state index in [-0.39, 0.29) is 6.29 Å². The normalized spacial score (nSPS) is 17.2. The van der Waals surface area contributed by atoms with Crippen molar-refractivity contribution >= 4 is 5.69 Å². The van der Waals surface area contributed by atoms with E-state index in [0.29, 0.717) is 0 Å². The number of hydrogen-bond acceptors (Lipinski definition) is 3. The molecule has 0 unspecified atom stereocenters. The van der Waals surface area contributed by atoms with E-state index < -0.39 is 0 Å². The molecule has 1 fully saturated rings. The first-order chi connectivity index (χ1) is 6.88. The van der Waals surface area contributed by atoms with E-state index in [1.165, 1.54) is 5.56 Å². The van der Waals surface area contributed by atoms with Crippen LogP contribution in [0.5, 0.6) is 0 Å². The molecule has 0 radical (unpaired) electrons. The molecule has 1 aromatic rings. The smallest absolute Gasteiger partial charge is 0.132 e. The van der Waals surface area contributed by atoms with Gasteiger partial charge in [-0.25, -0.2) is 0 Å². The van der Waals surface area contributed by atoms with Crippen molar-refractivity contribution in [2.24, 2.45) is 0 Å². The van der Waals surface area contributed by atoms with Crippen molar-refractivity contribution in [3.05, 3.63) is 29.8 Å². The maximum atomic E-state index is 3.37. The molecule has 0 aromatic heterocycles. The third-order valence-electron chi connectivity index (χ3n) is 2.50. The number of anilines is 1. The highest BCUT2D eigenvalue weighted by molar-refractivity contribution is 5.45. The molecule has 1 saturated heterocycles. The summed E-state index contributed by atoms with van der Waals surface area (Å²) in [5.41, 5.74) is 2.54. The van der Waals surface area contributed by atoms with Crippen molar-refractivity contribution in [3.63, 3.8) is 0 Å². The number of aryl methyl sites for hydroxylation is 1. The van der Waals surface area contributed by atoms with E-state index in [2.05, 4.69) is 47.1 Å². The Morgan fingerprint density at radius 1 is 1.21 bits per heavy atom. The van der Waals surface area contributed by atoms with Crippen molar-refractivity contribution in [1.29, 1.82) is 0 Å². The van der Waals surface area contributed by atoms with Gasteiger partial charge in [-0.2, -0.15) is 0 Å². The van der Waals surface area contributed by atoms with Crippen LogP contribution in [0.15, 0.2) is 24.3 Å². The summed E-state index contributed by atoms with van der Waals surface area (Å²) >= 11 is 0. The average Bonchev–Trinajstić information content (AvgIpc) is 2.72. The Balaban J connectivity index is 1.95. The molecule has 14 heavy (non-hydrogen) atoms. The zero-order chi connectivity index (χ0) is 9.80. The summed E-state index contributed by atoms with van der Waals surface area (Å²) in [7, 11) is 0. The molecule has 0 aliphatic carbocycles. The van der Waals surface area contributed by atoms with Crippen LogP contribution in [0.25, 0.3) is 0 Å². The lowest BCUT2D eigenvalue weighted by molar-refractivity contribution is 0.620. The minimum atomic E-state index is 0.225. The summed E-state index contributed by atoms with van der Waals surface area (Å²) in [6, 6.07) is 8.58. The molecule has 0 bridgehead atoms. The zero-order valence-corrected chi connectivity index (χ0v) is 8.51. The summed E-state index contributed by atoms with van der Waals surface area (Å²) in [5.74, 6) is 0. The monoisotopic (exact) mass is 191 g/mol. The highest BCUT2D eigenvalue weighted by Crippen LogP contribution is 2.10. The van der Waals surface area contributed by atoms with Gasteiger partial charge in [0.2, 0.25) is 0 Å². The van der Waals surface area contributed by atoms with Crippen LogP contribution in [0.3, 0.4) is 0 Å². The van der Waals surface area contributed by atoms with Crippen LogP contribution in [0.1, 0.15) is 12.5 Å². The van der Waals surface area contributed by atoms with Gasteiger partial charge in [-0.05, 0) is 24.1 Å². The predicted octanol–water partition coefficient (Wildman–Crippen LogP) is 1.14. The summed E-state index contributed by atoms with van der Waals surface area (Å²) in [5, 5.41) is 9.99. The lowest BCUT2D eigenvalue weighted by atomic mass is 10.1. The quantitative estimate of drug-likeness (QED) is 0.670. The van der Waals surface area contributed by atoms with Crippen molar-refractivity contribution in [3.8, 4) is 0 Å². The van der Waals surface area contributed by atoms with Crippen molar-refractivity contribution in [2.45, 2.75) is 19.6 Å². The molecule has 0 spiro atoms. The first-order valence-electron chi connectivity index (χ1n) is 5.21. The Kier molecular flexibility index (Phi) is 3.01. The first-order valence-corrected chi connectivity index (χ1v) is 5.21. The fraction of sp³-hybridized carbons (Fsp3) is 0.455. The van der Waals surface area contributed by atoms with Gasteiger partial charge in [-0.15, -0.1) is 0 Å². The summed E-state index contributed by atoms with van der Waals surface area (Å²) < 4.78 is 0. The lowest BCUT2D eigenvalue weighted by Crippen LogP contribution is -2.38. The Bertz CT molecular complexity index is 275. The van der Waals surface area contributed by atoms with Crippen LogP contribution in [0.2, 0.25) is 0 Å². The van der Waals surface area contributed by atoms with Gasteiger partial charge < -0.3 is 5.32 Å². The molecular formula is C11H17N3. The van der Waals surface area contributed by atoms with Crippen LogP contribution in [-0.2, 0) is 6.42 Å². The van der Waals surface area contributed by atoms with E-state index in [0.717, 1.165) is 25.2 Å². The predicted molar refractivity (Wildman–Crippen MR) is 59.2 cm³/mol. The lowest BCUT2D eigenvalue weighted by Gasteiger charge is -2.14. The number of nitrogens with one attached hydrogen (secondary N) is 3. The maximum Gasteiger partial charge on any atom is 0.132 e. The third kappa shape index (κ3) is 2.25. The third-order valence-corrected chi connectivity index (χ3v) is 2.50. The van der Waals surface area contributed by atoms with Crippen LogP contribution >= 0.6 is 0 Å². The van der Waals surface area contributed by atoms with Crippen molar-refractivity contribution < 1.29 is 0 Å². The molecule has 1 heterocycles. The van der Waals surface area contributed by atoms with E-state index in [9.17, 15) is 0 Å². The fourth-order valence-electron chi connectivity index (χ4n) is 1.61. The summed E-state index contributed by atoms with van der Waals surface area (Å²) in [6.07, 6.45) is 1.32. The van der Waals surface area contributed by atoms with Gasteiger partial charge in [0.05, 0.1) is 0 Å². The molecule has 1 aliphatic rings. The Morgan fingerprint density at radius 3 is 2.43 bits per heavy atom. The van der Waals surface area contributed by atoms with Crippen molar-refractivity contribution in [1.82, 2.24) is 10.6 Å². The molecular weight excluding hydrogens is 174 g/mol. The largest absolute Gasteiger partial charge is 0.358 e. The zero-order valence-electron chi connectivity index (χ0n) is 8.51. The number of hydrogen-bond donors (Lipinski definition) is 3. The summed E-state index contributed by atoms with van der Waals surface area (Å²) in [4.78, 5) is 0. The molecule has 0 atom stereocenters. The van der Waals surface area contributed by atoms with Crippen LogP contribution in [0, 0.1) is 0 Å².